The van der Waals surface area contributed by atoms with Crippen LogP contribution in [0.5, 0.6) is 5.75 Å². The third-order valence-corrected chi connectivity index (χ3v) is 6.63. The number of benzene rings is 1. The lowest BCUT2D eigenvalue weighted by atomic mass is 10.1. The maximum absolute atomic E-state index is 12.3. The summed E-state index contributed by atoms with van der Waals surface area (Å²) in [6, 6.07) is 5.68. The van der Waals surface area contributed by atoms with E-state index in [1.165, 1.54) is 29.7 Å². The zero-order chi connectivity index (χ0) is 17.8. The summed E-state index contributed by atoms with van der Waals surface area (Å²) < 4.78 is 6.64. The molecule has 134 valence electrons. The van der Waals surface area contributed by atoms with E-state index in [-0.39, 0.29) is 12.5 Å². The molecule has 1 heterocycles. The number of amides is 1. The van der Waals surface area contributed by atoms with Gasteiger partial charge in [0.05, 0.1) is 0 Å². The molecule has 25 heavy (non-hydrogen) atoms. The first kappa shape index (κ1) is 18.4. The number of nitrogens with two attached hydrogens (primary N) is 1. The molecule has 0 bridgehead atoms. The summed E-state index contributed by atoms with van der Waals surface area (Å²) in [5, 5.41) is 3.90. The molecular formula is C19H23BrN2O2S. The number of fused-ring (bicyclic) bond motifs is 1. The molecule has 0 fully saturated rings. The maximum Gasteiger partial charge on any atom is 0.262 e. The van der Waals surface area contributed by atoms with E-state index in [2.05, 4.69) is 21.2 Å². The van der Waals surface area contributed by atoms with Crippen LogP contribution in [0.3, 0.4) is 0 Å². The third-order valence-electron chi connectivity index (χ3n) is 4.49. The second-order valence-electron chi connectivity index (χ2n) is 6.32. The monoisotopic (exact) mass is 422 g/mol. The van der Waals surface area contributed by atoms with Crippen LogP contribution >= 0.6 is 27.3 Å². The number of rotatable bonds is 5. The normalized spacial score (nSPS) is 13.9. The van der Waals surface area contributed by atoms with E-state index in [1.807, 2.05) is 25.1 Å². The molecule has 3 rings (SSSR count). The van der Waals surface area contributed by atoms with E-state index in [1.54, 1.807) is 11.3 Å². The van der Waals surface area contributed by atoms with Gasteiger partial charge >= 0.3 is 0 Å². The molecule has 0 spiro atoms. The van der Waals surface area contributed by atoms with Crippen molar-refractivity contribution in [2.24, 2.45) is 5.73 Å². The summed E-state index contributed by atoms with van der Waals surface area (Å²) in [5.41, 5.74) is 9.51. The molecule has 3 N–H and O–H groups in total. The van der Waals surface area contributed by atoms with Crippen molar-refractivity contribution in [3.8, 4) is 5.75 Å². The summed E-state index contributed by atoms with van der Waals surface area (Å²) in [5.74, 6) is 0.545. The molecule has 1 amide bonds. The quantitative estimate of drug-likeness (QED) is 0.693. The topological polar surface area (TPSA) is 64.3 Å². The largest absolute Gasteiger partial charge is 0.484 e. The van der Waals surface area contributed by atoms with Crippen LogP contribution in [0, 0.1) is 6.92 Å². The number of nitrogens with one attached hydrogen (secondary N) is 1. The average Bonchev–Trinajstić information content (AvgIpc) is 2.76. The van der Waals surface area contributed by atoms with Crippen LogP contribution < -0.4 is 15.8 Å². The van der Waals surface area contributed by atoms with Crippen molar-refractivity contribution < 1.29 is 9.53 Å². The Kier molecular flexibility index (Phi) is 6.15. The Morgan fingerprint density at radius 1 is 1.32 bits per heavy atom. The van der Waals surface area contributed by atoms with E-state index in [9.17, 15) is 4.79 Å². The Hall–Kier alpha value is -1.37. The van der Waals surface area contributed by atoms with Crippen molar-refractivity contribution in [2.75, 3.05) is 11.9 Å². The van der Waals surface area contributed by atoms with Gasteiger partial charge in [-0.2, -0.15) is 0 Å². The molecule has 1 aromatic heterocycles. The van der Waals surface area contributed by atoms with E-state index in [0.29, 0.717) is 12.3 Å². The third kappa shape index (κ3) is 4.43. The van der Waals surface area contributed by atoms with Crippen molar-refractivity contribution in [1.29, 1.82) is 0 Å². The molecule has 4 nitrogen and oxygen atoms in total. The van der Waals surface area contributed by atoms with Crippen LogP contribution in [-0.4, -0.2) is 12.5 Å². The zero-order valence-electron chi connectivity index (χ0n) is 14.4. The Morgan fingerprint density at radius 3 is 2.88 bits per heavy atom. The molecule has 0 saturated carbocycles. The molecule has 0 atom stereocenters. The summed E-state index contributed by atoms with van der Waals surface area (Å²) >= 11 is 5.14. The number of halogens is 1. The van der Waals surface area contributed by atoms with Gasteiger partial charge < -0.3 is 15.8 Å². The lowest BCUT2D eigenvalue weighted by Crippen LogP contribution is -2.20. The fourth-order valence-corrected chi connectivity index (χ4v) is 4.73. The van der Waals surface area contributed by atoms with Crippen molar-refractivity contribution in [1.82, 2.24) is 0 Å². The first-order chi connectivity index (χ1) is 12.1. The van der Waals surface area contributed by atoms with E-state index >= 15 is 0 Å². The van der Waals surface area contributed by atoms with Gasteiger partial charge in [-0.25, -0.2) is 0 Å². The number of carbonyl (C=O) groups excluding carboxylic acids is 1. The van der Waals surface area contributed by atoms with Gasteiger partial charge in [0.15, 0.2) is 6.61 Å². The lowest BCUT2D eigenvalue weighted by Gasteiger charge is -2.09. The van der Waals surface area contributed by atoms with Crippen molar-refractivity contribution >= 4 is 38.2 Å². The summed E-state index contributed by atoms with van der Waals surface area (Å²) in [7, 11) is 0. The standard InChI is InChI=1S/C19H23BrN2O2S/c1-12-9-13(7-8-16(12)20)24-11-18(23)22-19-15(10-21)14-5-3-2-4-6-17(14)25-19/h7-9H,2-6,10-11,21H2,1H3,(H,22,23). The summed E-state index contributed by atoms with van der Waals surface area (Å²) in [4.78, 5) is 13.7. The molecule has 1 aliphatic carbocycles. The summed E-state index contributed by atoms with van der Waals surface area (Å²) in [6.07, 6.45) is 5.86. The van der Waals surface area contributed by atoms with Gasteiger partial charge in [0.1, 0.15) is 10.8 Å². The second kappa shape index (κ2) is 8.34. The van der Waals surface area contributed by atoms with Crippen molar-refractivity contribution in [3.63, 3.8) is 0 Å². The number of hydrogen-bond acceptors (Lipinski definition) is 4. The van der Waals surface area contributed by atoms with E-state index < -0.39 is 0 Å². The summed E-state index contributed by atoms with van der Waals surface area (Å²) in [6.45, 7) is 2.45. The fraction of sp³-hybridized carbons (Fsp3) is 0.421. The van der Waals surface area contributed by atoms with Crippen LogP contribution in [0.1, 0.15) is 40.8 Å². The lowest BCUT2D eigenvalue weighted by molar-refractivity contribution is -0.118. The number of thiophene rings is 1. The van der Waals surface area contributed by atoms with Crippen LogP contribution in [-0.2, 0) is 24.2 Å². The Morgan fingerprint density at radius 2 is 2.12 bits per heavy atom. The predicted octanol–water partition coefficient (Wildman–Crippen LogP) is 4.56. The average molecular weight is 423 g/mol. The smallest absolute Gasteiger partial charge is 0.262 e. The maximum atomic E-state index is 12.3. The van der Waals surface area contributed by atoms with Gasteiger partial charge in [0.25, 0.3) is 5.91 Å². The molecule has 1 aliphatic rings. The minimum atomic E-state index is -0.147. The van der Waals surface area contributed by atoms with Crippen LogP contribution in [0.4, 0.5) is 5.00 Å². The SMILES string of the molecule is Cc1cc(OCC(=O)Nc2sc3c(c2CN)CCCCC3)ccc1Br. The van der Waals surface area contributed by atoms with Crippen molar-refractivity contribution in [2.45, 2.75) is 45.6 Å². The van der Waals surface area contributed by atoms with Gasteiger partial charge in [-0.05, 0) is 61.9 Å². The Bertz CT molecular complexity index is 773. The number of ether oxygens (including phenoxy) is 1. The van der Waals surface area contributed by atoms with Crippen LogP contribution in [0.15, 0.2) is 22.7 Å². The number of aryl methyl sites for hydroxylation is 2. The molecule has 0 saturated heterocycles. The Balaban J connectivity index is 1.65. The van der Waals surface area contributed by atoms with Gasteiger partial charge in [-0.3, -0.25) is 4.79 Å². The highest BCUT2D eigenvalue weighted by Gasteiger charge is 2.20. The van der Waals surface area contributed by atoms with Crippen molar-refractivity contribution in [3.05, 3.63) is 44.2 Å². The first-order valence-corrected chi connectivity index (χ1v) is 10.2. The van der Waals surface area contributed by atoms with E-state index in [0.717, 1.165) is 33.4 Å². The Labute approximate surface area is 160 Å². The number of carbonyl (C=O) groups is 1. The highest BCUT2D eigenvalue weighted by atomic mass is 79.9. The fourth-order valence-electron chi connectivity index (χ4n) is 3.14. The second-order valence-corrected chi connectivity index (χ2v) is 8.28. The predicted molar refractivity (Wildman–Crippen MR) is 106 cm³/mol. The molecule has 2 aromatic rings. The van der Waals surface area contributed by atoms with Gasteiger partial charge in [0, 0.05) is 21.5 Å². The zero-order valence-corrected chi connectivity index (χ0v) is 16.8. The molecule has 0 unspecified atom stereocenters. The van der Waals surface area contributed by atoms with E-state index in [4.69, 9.17) is 10.5 Å². The molecule has 0 radical (unpaired) electrons. The number of anilines is 1. The molecule has 0 aliphatic heterocycles. The van der Waals surface area contributed by atoms with Crippen LogP contribution in [0.2, 0.25) is 0 Å². The van der Waals surface area contributed by atoms with Gasteiger partial charge in [-0.1, -0.05) is 22.4 Å². The van der Waals surface area contributed by atoms with Crippen LogP contribution in [0.25, 0.3) is 0 Å². The highest BCUT2D eigenvalue weighted by molar-refractivity contribution is 9.10. The van der Waals surface area contributed by atoms with Gasteiger partial charge in [0.2, 0.25) is 0 Å². The molecule has 6 heteroatoms. The minimum Gasteiger partial charge on any atom is -0.484 e. The first-order valence-electron chi connectivity index (χ1n) is 8.60. The minimum absolute atomic E-state index is 0.00630. The van der Waals surface area contributed by atoms with Gasteiger partial charge in [-0.15, -0.1) is 11.3 Å². The number of hydrogen-bond donors (Lipinski definition) is 2. The highest BCUT2D eigenvalue weighted by Crippen LogP contribution is 2.37. The molecule has 1 aromatic carbocycles. The molecular weight excluding hydrogens is 400 g/mol.